The first-order valence-corrected chi connectivity index (χ1v) is 4.06. The van der Waals surface area contributed by atoms with E-state index in [0.29, 0.717) is 18.4 Å². The van der Waals surface area contributed by atoms with Gasteiger partial charge in [0.2, 0.25) is 0 Å². The SMILES string of the molecule is O=Cc1cccc(C=CCCO)n1. The molecular weight excluding hydrogens is 166 g/mol. The maximum atomic E-state index is 10.4. The van der Waals surface area contributed by atoms with E-state index in [9.17, 15) is 4.79 Å². The molecule has 0 fully saturated rings. The number of nitrogens with zero attached hydrogens (tertiary/aromatic N) is 1. The second-order valence-electron chi connectivity index (χ2n) is 2.52. The molecule has 0 radical (unpaired) electrons. The fourth-order valence-electron chi connectivity index (χ4n) is 0.906. The van der Waals surface area contributed by atoms with Crippen LogP contribution in [-0.4, -0.2) is 23.0 Å². The molecule has 13 heavy (non-hydrogen) atoms. The second kappa shape index (κ2) is 5.22. The molecule has 1 heterocycles. The van der Waals surface area contributed by atoms with Crippen LogP contribution in [0.4, 0.5) is 0 Å². The summed E-state index contributed by atoms with van der Waals surface area (Å²) in [4.78, 5) is 14.4. The van der Waals surface area contributed by atoms with Gasteiger partial charge in [0, 0.05) is 6.61 Å². The van der Waals surface area contributed by atoms with E-state index in [1.807, 2.05) is 6.08 Å². The molecule has 0 aromatic carbocycles. The van der Waals surface area contributed by atoms with Crippen molar-refractivity contribution in [3.8, 4) is 0 Å². The van der Waals surface area contributed by atoms with E-state index in [1.165, 1.54) is 0 Å². The number of aliphatic hydroxyl groups excluding tert-OH is 1. The Morgan fingerprint density at radius 2 is 2.15 bits per heavy atom. The number of pyridine rings is 1. The van der Waals surface area contributed by atoms with Crippen molar-refractivity contribution < 1.29 is 9.90 Å². The summed E-state index contributed by atoms with van der Waals surface area (Å²) in [6, 6.07) is 5.23. The maximum absolute atomic E-state index is 10.4. The van der Waals surface area contributed by atoms with Crippen LogP contribution in [0, 0.1) is 0 Å². The molecule has 0 saturated carbocycles. The van der Waals surface area contributed by atoms with Crippen LogP contribution in [0.2, 0.25) is 0 Å². The van der Waals surface area contributed by atoms with Crippen molar-refractivity contribution in [2.45, 2.75) is 6.42 Å². The fraction of sp³-hybridized carbons (Fsp3) is 0.200. The Labute approximate surface area is 76.7 Å². The summed E-state index contributed by atoms with van der Waals surface area (Å²) in [5.41, 5.74) is 1.16. The highest BCUT2D eigenvalue weighted by molar-refractivity contribution is 5.72. The van der Waals surface area contributed by atoms with Gasteiger partial charge >= 0.3 is 0 Å². The number of hydrogen-bond donors (Lipinski definition) is 1. The quantitative estimate of drug-likeness (QED) is 0.705. The number of aromatic nitrogens is 1. The topological polar surface area (TPSA) is 50.2 Å². The van der Waals surface area contributed by atoms with Crippen molar-refractivity contribution >= 4 is 12.4 Å². The zero-order valence-corrected chi connectivity index (χ0v) is 7.18. The standard InChI is InChI=1S/C10H11NO2/c12-7-2-1-4-9-5-3-6-10(8-13)11-9/h1,3-6,8,12H,2,7H2. The van der Waals surface area contributed by atoms with Gasteiger partial charge in [-0.15, -0.1) is 0 Å². The molecule has 0 aliphatic rings. The van der Waals surface area contributed by atoms with Crippen molar-refractivity contribution in [3.63, 3.8) is 0 Å². The van der Waals surface area contributed by atoms with Gasteiger partial charge in [-0.2, -0.15) is 0 Å². The van der Waals surface area contributed by atoms with Gasteiger partial charge in [0.1, 0.15) is 5.69 Å². The third-order valence-corrected chi connectivity index (χ3v) is 1.50. The monoisotopic (exact) mass is 177 g/mol. The van der Waals surface area contributed by atoms with Gasteiger partial charge in [-0.05, 0) is 24.6 Å². The fourth-order valence-corrected chi connectivity index (χ4v) is 0.906. The number of hydrogen-bond acceptors (Lipinski definition) is 3. The van der Waals surface area contributed by atoms with Gasteiger partial charge in [0.15, 0.2) is 6.29 Å². The molecule has 1 rings (SSSR count). The van der Waals surface area contributed by atoms with Crippen LogP contribution in [-0.2, 0) is 0 Å². The van der Waals surface area contributed by atoms with E-state index < -0.39 is 0 Å². The smallest absolute Gasteiger partial charge is 0.168 e. The lowest BCUT2D eigenvalue weighted by atomic mass is 10.3. The molecule has 3 heteroatoms. The third kappa shape index (κ3) is 3.17. The van der Waals surface area contributed by atoms with Crippen LogP contribution >= 0.6 is 0 Å². The average Bonchev–Trinajstić information content (AvgIpc) is 2.19. The summed E-state index contributed by atoms with van der Waals surface area (Å²) >= 11 is 0. The minimum absolute atomic E-state index is 0.129. The molecule has 0 bridgehead atoms. The van der Waals surface area contributed by atoms with Gasteiger partial charge in [-0.25, -0.2) is 4.98 Å². The first-order chi connectivity index (χ1) is 6.36. The Morgan fingerprint density at radius 1 is 1.38 bits per heavy atom. The highest BCUT2D eigenvalue weighted by Crippen LogP contribution is 2.00. The zero-order valence-electron chi connectivity index (χ0n) is 7.18. The third-order valence-electron chi connectivity index (χ3n) is 1.50. The number of rotatable bonds is 4. The van der Waals surface area contributed by atoms with E-state index >= 15 is 0 Å². The number of aldehydes is 1. The predicted molar refractivity (Wildman–Crippen MR) is 50.4 cm³/mol. The molecule has 0 spiro atoms. The van der Waals surface area contributed by atoms with Gasteiger partial charge < -0.3 is 5.11 Å². The van der Waals surface area contributed by atoms with E-state index in [4.69, 9.17) is 5.11 Å². The molecule has 0 aliphatic heterocycles. The molecule has 0 unspecified atom stereocenters. The Balaban J connectivity index is 2.71. The lowest BCUT2D eigenvalue weighted by molar-refractivity contribution is 0.111. The largest absolute Gasteiger partial charge is 0.396 e. The van der Waals surface area contributed by atoms with Crippen molar-refractivity contribution in [3.05, 3.63) is 35.7 Å². The minimum Gasteiger partial charge on any atom is -0.396 e. The first kappa shape index (κ1) is 9.61. The summed E-state index contributed by atoms with van der Waals surface area (Å²) in [6.07, 6.45) is 4.91. The molecule has 0 aliphatic carbocycles. The van der Waals surface area contributed by atoms with Gasteiger partial charge in [0.05, 0.1) is 5.69 Å². The molecule has 1 aromatic heterocycles. The normalized spacial score (nSPS) is 10.5. The second-order valence-corrected chi connectivity index (χ2v) is 2.52. The number of aliphatic hydroxyl groups is 1. The average molecular weight is 177 g/mol. The Hall–Kier alpha value is -1.48. The molecule has 3 nitrogen and oxygen atoms in total. The summed E-state index contributed by atoms with van der Waals surface area (Å²) < 4.78 is 0. The predicted octanol–water partition coefficient (Wildman–Crippen LogP) is 1.29. The molecular formula is C10H11NO2. The lowest BCUT2D eigenvalue weighted by Crippen LogP contribution is -1.88. The van der Waals surface area contributed by atoms with Crippen molar-refractivity contribution in [2.24, 2.45) is 0 Å². The van der Waals surface area contributed by atoms with Crippen molar-refractivity contribution in [1.29, 1.82) is 0 Å². The summed E-state index contributed by atoms with van der Waals surface area (Å²) in [6.45, 7) is 0.129. The van der Waals surface area contributed by atoms with Crippen LogP contribution in [0.1, 0.15) is 22.6 Å². The molecule has 68 valence electrons. The summed E-state index contributed by atoms with van der Waals surface area (Å²) in [7, 11) is 0. The molecule has 0 amide bonds. The van der Waals surface area contributed by atoms with Crippen LogP contribution in [0.25, 0.3) is 6.08 Å². The van der Waals surface area contributed by atoms with E-state index in [1.54, 1.807) is 24.3 Å². The maximum Gasteiger partial charge on any atom is 0.168 e. The Bertz CT molecular complexity index is 308. The van der Waals surface area contributed by atoms with E-state index in [2.05, 4.69) is 4.98 Å². The molecule has 1 N–H and O–H groups in total. The summed E-state index contributed by atoms with van der Waals surface area (Å²) in [5.74, 6) is 0. The minimum atomic E-state index is 0.129. The highest BCUT2D eigenvalue weighted by Gasteiger charge is 1.91. The van der Waals surface area contributed by atoms with E-state index in [-0.39, 0.29) is 6.61 Å². The number of carbonyl (C=O) groups excluding carboxylic acids is 1. The lowest BCUT2D eigenvalue weighted by Gasteiger charge is -1.93. The first-order valence-electron chi connectivity index (χ1n) is 4.06. The zero-order chi connectivity index (χ0) is 9.52. The summed E-state index contributed by atoms with van der Waals surface area (Å²) in [5, 5.41) is 8.52. The Morgan fingerprint density at radius 3 is 2.85 bits per heavy atom. The number of carbonyl (C=O) groups is 1. The van der Waals surface area contributed by atoms with Crippen LogP contribution in [0.15, 0.2) is 24.3 Å². The molecule has 1 aromatic rings. The van der Waals surface area contributed by atoms with E-state index in [0.717, 1.165) is 5.69 Å². The molecule has 0 saturated heterocycles. The van der Waals surface area contributed by atoms with Crippen LogP contribution < -0.4 is 0 Å². The molecule has 0 atom stereocenters. The highest BCUT2D eigenvalue weighted by atomic mass is 16.2. The van der Waals surface area contributed by atoms with Crippen molar-refractivity contribution in [1.82, 2.24) is 4.98 Å². The van der Waals surface area contributed by atoms with Gasteiger partial charge in [0.25, 0.3) is 0 Å². The van der Waals surface area contributed by atoms with Crippen LogP contribution in [0.3, 0.4) is 0 Å². The van der Waals surface area contributed by atoms with Crippen LogP contribution in [0.5, 0.6) is 0 Å². The Kier molecular flexibility index (Phi) is 3.85. The van der Waals surface area contributed by atoms with Gasteiger partial charge in [-0.1, -0.05) is 12.1 Å². The van der Waals surface area contributed by atoms with Crippen molar-refractivity contribution in [2.75, 3.05) is 6.61 Å². The van der Waals surface area contributed by atoms with Gasteiger partial charge in [-0.3, -0.25) is 4.79 Å².